The van der Waals surface area contributed by atoms with Gasteiger partial charge in [0.25, 0.3) is 17.7 Å². The van der Waals surface area contributed by atoms with Crippen LogP contribution in [0.3, 0.4) is 0 Å². The minimum Gasteiger partial charge on any atom is -0.449 e. The predicted molar refractivity (Wildman–Crippen MR) is 125 cm³/mol. The number of piperazine rings is 1. The van der Waals surface area contributed by atoms with E-state index in [0.717, 1.165) is 24.5 Å². The largest absolute Gasteiger partial charge is 0.449 e. The maximum atomic E-state index is 12.8. The van der Waals surface area contributed by atoms with E-state index in [1.165, 1.54) is 29.8 Å². The number of imide groups is 1. The summed E-state index contributed by atoms with van der Waals surface area (Å²) in [7, 11) is 0. The van der Waals surface area contributed by atoms with Gasteiger partial charge in [0.2, 0.25) is 0 Å². The summed E-state index contributed by atoms with van der Waals surface area (Å²) in [5, 5.41) is 0. The van der Waals surface area contributed by atoms with Gasteiger partial charge in [-0.1, -0.05) is 36.4 Å². The fraction of sp³-hybridized carbons (Fsp3) is 0.308. The van der Waals surface area contributed by atoms with Crippen LogP contribution in [-0.2, 0) is 16.1 Å². The van der Waals surface area contributed by atoms with Crippen molar-refractivity contribution in [1.82, 2.24) is 14.7 Å². The van der Waals surface area contributed by atoms with E-state index in [-0.39, 0.29) is 29.1 Å². The minimum absolute atomic E-state index is 0.0935. The van der Waals surface area contributed by atoms with Crippen molar-refractivity contribution in [2.75, 3.05) is 32.7 Å². The number of ether oxygens (including phenoxy) is 1. The SMILES string of the molecule is C=CCN1C(=O)c2ccc(C(=O)O[C@H](C)C(=O)N3CCN(Cc4ccccc4)CC3)cc2C1=O. The van der Waals surface area contributed by atoms with Gasteiger partial charge in [0.05, 0.1) is 16.7 Å². The molecule has 0 saturated carbocycles. The number of hydrogen-bond donors (Lipinski definition) is 0. The van der Waals surface area contributed by atoms with Gasteiger partial charge in [0.15, 0.2) is 6.10 Å². The highest BCUT2D eigenvalue weighted by atomic mass is 16.5. The lowest BCUT2D eigenvalue weighted by Crippen LogP contribution is -2.51. The third kappa shape index (κ3) is 4.77. The highest BCUT2D eigenvalue weighted by molar-refractivity contribution is 6.22. The molecule has 2 aliphatic rings. The standard InChI is InChI=1S/C26H27N3O5/c1-3-11-29-24(31)21-10-9-20(16-22(21)25(29)32)26(33)34-18(2)23(30)28-14-12-27(13-15-28)17-19-7-5-4-6-8-19/h3-10,16,18H,1,11-15,17H2,2H3/t18-/m1/s1. The molecule has 2 aromatic carbocycles. The van der Waals surface area contributed by atoms with Crippen molar-refractivity contribution in [3.63, 3.8) is 0 Å². The van der Waals surface area contributed by atoms with Gasteiger partial charge in [-0.2, -0.15) is 0 Å². The molecule has 0 spiro atoms. The molecule has 1 saturated heterocycles. The number of nitrogens with zero attached hydrogens (tertiary/aromatic N) is 3. The lowest BCUT2D eigenvalue weighted by molar-refractivity contribution is -0.141. The Kier molecular flexibility index (Phi) is 6.88. The normalized spacial score (nSPS) is 16.9. The summed E-state index contributed by atoms with van der Waals surface area (Å²) in [6.45, 7) is 8.62. The lowest BCUT2D eigenvalue weighted by Gasteiger charge is -2.35. The maximum absolute atomic E-state index is 12.8. The molecular formula is C26H27N3O5. The number of rotatable bonds is 7. The quantitative estimate of drug-likeness (QED) is 0.357. The van der Waals surface area contributed by atoms with E-state index in [0.29, 0.717) is 13.1 Å². The number of fused-ring (bicyclic) bond motifs is 1. The number of benzene rings is 2. The second-order valence-corrected chi connectivity index (χ2v) is 8.40. The molecule has 4 rings (SSSR count). The minimum atomic E-state index is -0.962. The van der Waals surface area contributed by atoms with Crippen LogP contribution in [-0.4, -0.2) is 77.2 Å². The van der Waals surface area contributed by atoms with Crippen LogP contribution < -0.4 is 0 Å². The summed E-state index contributed by atoms with van der Waals surface area (Å²) in [5.41, 5.74) is 1.73. The van der Waals surface area contributed by atoms with Crippen LogP contribution in [0.4, 0.5) is 0 Å². The van der Waals surface area contributed by atoms with Crippen LogP contribution >= 0.6 is 0 Å². The molecule has 2 heterocycles. The highest BCUT2D eigenvalue weighted by Gasteiger charge is 2.35. The Morgan fingerprint density at radius 1 is 1.00 bits per heavy atom. The predicted octanol–water partition coefficient (Wildman–Crippen LogP) is 2.36. The monoisotopic (exact) mass is 461 g/mol. The number of carbonyl (C=O) groups is 4. The molecule has 0 bridgehead atoms. The highest BCUT2D eigenvalue weighted by Crippen LogP contribution is 2.24. The fourth-order valence-electron chi connectivity index (χ4n) is 4.22. The molecule has 3 amide bonds. The van der Waals surface area contributed by atoms with Crippen LogP contribution in [0.2, 0.25) is 0 Å². The van der Waals surface area contributed by atoms with E-state index in [1.807, 2.05) is 18.2 Å². The molecule has 34 heavy (non-hydrogen) atoms. The van der Waals surface area contributed by atoms with Gasteiger partial charge in [-0.3, -0.25) is 24.2 Å². The van der Waals surface area contributed by atoms with Gasteiger partial charge < -0.3 is 9.64 Å². The smallest absolute Gasteiger partial charge is 0.338 e. The van der Waals surface area contributed by atoms with E-state index < -0.39 is 23.9 Å². The molecule has 1 fully saturated rings. The van der Waals surface area contributed by atoms with Gasteiger partial charge in [0.1, 0.15) is 0 Å². The molecule has 1 atom stereocenters. The molecule has 0 aromatic heterocycles. The molecule has 0 radical (unpaired) electrons. The number of esters is 1. The summed E-state index contributed by atoms with van der Waals surface area (Å²) >= 11 is 0. The van der Waals surface area contributed by atoms with Crippen LogP contribution in [0.1, 0.15) is 43.6 Å². The first-order valence-corrected chi connectivity index (χ1v) is 11.3. The van der Waals surface area contributed by atoms with Crippen molar-refractivity contribution < 1.29 is 23.9 Å². The molecule has 0 unspecified atom stereocenters. The first-order valence-electron chi connectivity index (χ1n) is 11.3. The summed E-state index contributed by atoms with van der Waals surface area (Å²) in [4.78, 5) is 55.4. The number of carbonyl (C=O) groups excluding carboxylic acids is 4. The first-order chi connectivity index (χ1) is 16.4. The zero-order valence-corrected chi connectivity index (χ0v) is 19.1. The maximum Gasteiger partial charge on any atom is 0.338 e. The van der Waals surface area contributed by atoms with E-state index in [9.17, 15) is 19.2 Å². The Bertz CT molecular complexity index is 1120. The topological polar surface area (TPSA) is 87.2 Å². The molecular weight excluding hydrogens is 434 g/mol. The van der Waals surface area contributed by atoms with Crippen LogP contribution in [0.15, 0.2) is 61.2 Å². The summed E-state index contributed by atoms with van der Waals surface area (Å²) in [5.74, 6) is -1.87. The van der Waals surface area contributed by atoms with Crippen LogP contribution in [0.5, 0.6) is 0 Å². The van der Waals surface area contributed by atoms with Gasteiger partial charge in [-0.05, 0) is 30.7 Å². The van der Waals surface area contributed by atoms with Gasteiger partial charge >= 0.3 is 5.97 Å². The average Bonchev–Trinajstić information content (AvgIpc) is 3.09. The van der Waals surface area contributed by atoms with Crippen LogP contribution in [0, 0.1) is 0 Å². The van der Waals surface area contributed by atoms with Gasteiger partial charge in [-0.25, -0.2) is 4.79 Å². The third-order valence-corrected chi connectivity index (χ3v) is 6.08. The van der Waals surface area contributed by atoms with Gasteiger partial charge in [-0.15, -0.1) is 6.58 Å². The van der Waals surface area contributed by atoms with Crippen molar-refractivity contribution in [2.24, 2.45) is 0 Å². The fourth-order valence-corrected chi connectivity index (χ4v) is 4.22. The Hall–Kier alpha value is -3.78. The second-order valence-electron chi connectivity index (χ2n) is 8.40. The number of amides is 3. The van der Waals surface area contributed by atoms with Crippen molar-refractivity contribution in [3.05, 3.63) is 83.4 Å². The van der Waals surface area contributed by atoms with Crippen LogP contribution in [0.25, 0.3) is 0 Å². The first kappa shape index (κ1) is 23.4. The molecule has 0 N–H and O–H groups in total. The summed E-state index contributed by atoms with van der Waals surface area (Å²) in [6.07, 6.45) is 0.502. The van der Waals surface area contributed by atoms with Crippen molar-refractivity contribution in [2.45, 2.75) is 19.6 Å². The van der Waals surface area contributed by atoms with Crippen molar-refractivity contribution >= 4 is 23.7 Å². The summed E-state index contributed by atoms with van der Waals surface area (Å²) < 4.78 is 5.40. The molecule has 0 aliphatic carbocycles. The molecule has 8 nitrogen and oxygen atoms in total. The molecule has 8 heteroatoms. The zero-order valence-electron chi connectivity index (χ0n) is 19.1. The van der Waals surface area contributed by atoms with Crippen molar-refractivity contribution in [3.8, 4) is 0 Å². The van der Waals surface area contributed by atoms with E-state index in [1.54, 1.807) is 11.8 Å². The van der Waals surface area contributed by atoms with Gasteiger partial charge in [0, 0.05) is 39.3 Å². The number of hydrogen-bond acceptors (Lipinski definition) is 6. The lowest BCUT2D eigenvalue weighted by atomic mass is 10.1. The Morgan fingerprint density at radius 3 is 2.35 bits per heavy atom. The Morgan fingerprint density at radius 2 is 1.68 bits per heavy atom. The third-order valence-electron chi connectivity index (χ3n) is 6.08. The molecule has 176 valence electrons. The van der Waals surface area contributed by atoms with E-state index in [2.05, 4.69) is 23.6 Å². The summed E-state index contributed by atoms with van der Waals surface area (Å²) in [6, 6.07) is 14.4. The molecule has 2 aromatic rings. The zero-order chi connectivity index (χ0) is 24.2. The molecule has 2 aliphatic heterocycles. The average molecular weight is 462 g/mol. The second kappa shape index (κ2) is 10.0. The van der Waals surface area contributed by atoms with Crippen molar-refractivity contribution in [1.29, 1.82) is 0 Å². The Labute approximate surface area is 198 Å². The Balaban J connectivity index is 1.33. The van der Waals surface area contributed by atoms with E-state index in [4.69, 9.17) is 4.74 Å². The van der Waals surface area contributed by atoms with E-state index >= 15 is 0 Å².